The van der Waals surface area contributed by atoms with Gasteiger partial charge in [0.1, 0.15) is 18.1 Å². The van der Waals surface area contributed by atoms with Crippen molar-refractivity contribution in [3.63, 3.8) is 0 Å². The van der Waals surface area contributed by atoms with Crippen LogP contribution < -0.4 is 10.1 Å². The van der Waals surface area contributed by atoms with E-state index in [1.165, 1.54) is 0 Å². The molecule has 0 radical (unpaired) electrons. The lowest BCUT2D eigenvalue weighted by molar-refractivity contribution is 0.338. The number of ether oxygens (including phenoxy) is 1. The van der Waals surface area contributed by atoms with Crippen LogP contribution in [0.4, 0.5) is 5.69 Å². The predicted octanol–water partition coefficient (Wildman–Crippen LogP) is 4.35. The lowest BCUT2D eigenvalue weighted by Gasteiger charge is -2.14. The number of rotatable bonds is 2. The number of aromatic hydroxyl groups is 1. The van der Waals surface area contributed by atoms with Gasteiger partial charge in [0, 0.05) is 16.1 Å². The maximum atomic E-state index is 9.43. The Morgan fingerprint density at radius 3 is 2.95 bits per heavy atom. The summed E-state index contributed by atoms with van der Waals surface area (Å²) in [5, 5.41) is 13.4. The second kappa shape index (κ2) is 4.94. The average Bonchev–Trinajstić information content (AvgIpc) is 2.76. The third kappa shape index (κ3) is 2.51. The molecule has 1 aliphatic heterocycles. The van der Waals surface area contributed by atoms with Crippen LogP contribution in [0.3, 0.4) is 0 Å². The van der Waals surface area contributed by atoms with E-state index in [9.17, 15) is 5.11 Å². The fourth-order valence-electron chi connectivity index (χ4n) is 2.11. The Bertz CT molecular complexity index is 633. The molecule has 2 N–H and O–H groups in total. The molecule has 0 bridgehead atoms. The molecule has 1 heterocycles. The van der Waals surface area contributed by atoms with Crippen LogP contribution >= 0.6 is 27.5 Å². The molecule has 0 saturated carbocycles. The third-order valence-corrected chi connectivity index (χ3v) is 3.86. The summed E-state index contributed by atoms with van der Waals surface area (Å²) in [5.74, 6) is 0.920. The molecule has 1 unspecified atom stereocenters. The van der Waals surface area contributed by atoms with Crippen LogP contribution in [0.5, 0.6) is 11.5 Å². The monoisotopic (exact) mass is 339 g/mol. The van der Waals surface area contributed by atoms with E-state index in [4.69, 9.17) is 16.3 Å². The molecular weight excluding hydrogens is 330 g/mol. The van der Waals surface area contributed by atoms with Crippen LogP contribution in [-0.4, -0.2) is 11.7 Å². The first-order valence-corrected chi connectivity index (χ1v) is 6.98. The van der Waals surface area contributed by atoms with Crippen molar-refractivity contribution in [2.75, 3.05) is 11.9 Å². The van der Waals surface area contributed by atoms with Crippen molar-refractivity contribution in [3.8, 4) is 11.5 Å². The highest BCUT2D eigenvalue weighted by molar-refractivity contribution is 9.10. The predicted molar refractivity (Wildman–Crippen MR) is 79.1 cm³/mol. The van der Waals surface area contributed by atoms with E-state index in [-0.39, 0.29) is 11.8 Å². The van der Waals surface area contributed by atoms with Gasteiger partial charge in [0.2, 0.25) is 0 Å². The first kappa shape index (κ1) is 12.6. The van der Waals surface area contributed by atoms with Crippen molar-refractivity contribution in [3.05, 3.63) is 51.5 Å². The van der Waals surface area contributed by atoms with Gasteiger partial charge in [0.15, 0.2) is 0 Å². The van der Waals surface area contributed by atoms with E-state index in [1.54, 1.807) is 12.1 Å². The second-order valence-corrected chi connectivity index (χ2v) is 5.68. The minimum Gasteiger partial charge on any atom is -0.508 e. The number of hydrogen-bond donors (Lipinski definition) is 2. The number of benzene rings is 2. The van der Waals surface area contributed by atoms with Crippen molar-refractivity contribution in [1.82, 2.24) is 0 Å². The minimum absolute atomic E-state index is 0.0300. The molecule has 0 amide bonds. The van der Waals surface area contributed by atoms with Crippen LogP contribution in [-0.2, 0) is 0 Å². The summed E-state index contributed by atoms with van der Waals surface area (Å²) in [7, 11) is 0. The third-order valence-electron chi connectivity index (χ3n) is 3.04. The van der Waals surface area contributed by atoms with Gasteiger partial charge in [0.05, 0.1) is 16.8 Å². The van der Waals surface area contributed by atoms with Crippen LogP contribution in [0, 0.1) is 0 Å². The summed E-state index contributed by atoms with van der Waals surface area (Å²) in [4.78, 5) is 0. The molecule has 0 saturated heterocycles. The van der Waals surface area contributed by atoms with Crippen molar-refractivity contribution in [1.29, 1.82) is 0 Å². The molecule has 5 heteroatoms. The van der Waals surface area contributed by atoms with Gasteiger partial charge in [-0.05, 0) is 30.3 Å². The number of phenols is 1. The van der Waals surface area contributed by atoms with Gasteiger partial charge in [-0.15, -0.1) is 0 Å². The Morgan fingerprint density at radius 1 is 1.26 bits per heavy atom. The fourth-order valence-corrected chi connectivity index (χ4v) is 2.65. The van der Waals surface area contributed by atoms with Crippen LogP contribution in [0.15, 0.2) is 40.9 Å². The Morgan fingerprint density at radius 2 is 2.11 bits per heavy atom. The largest absolute Gasteiger partial charge is 0.508 e. The number of anilines is 1. The Kier molecular flexibility index (Phi) is 3.29. The van der Waals surface area contributed by atoms with E-state index in [1.807, 2.05) is 24.3 Å². The number of fused-ring (bicyclic) bond motifs is 1. The average molecular weight is 341 g/mol. The van der Waals surface area contributed by atoms with Crippen LogP contribution in [0.1, 0.15) is 11.6 Å². The molecule has 0 fully saturated rings. The molecule has 0 spiro atoms. The molecule has 0 aliphatic carbocycles. The first-order chi connectivity index (χ1) is 9.13. The zero-order valence-corrected chi connectivity index (χ0v) is 12.2. The van der Waals surface area contributed by atoms with Crippen LogP contribution in [0.25, 0.3) is 0 Å². The summed E-state index contributed by atoms with van der Waals surface area (Å²) < 4.78 is 6.52. The summed E-state index contributed by atoms with van der Waals surface area (Å²) in [6.07, 6.45) is 0. The fraction of sp³-hybridized carbons (Fsp3) is 0.143. The second-order valence-electron chi connectivity index (χ2n) is 4.35. The highest BCUT2D eigenvalue weighted by Gasteiger charge is 2.24. The highest BCUT2D eigenvalue weighted by atomic mass is 79.9. The molecule has 3 nitrogen and oxygen atoms in total. The Hall–Kier alpha value is -1.39. The lowest BCUT2D eigenvalue weighted by Crippen LogP contribution is -2.12. The topological polar surface area (TPSA) is 41.5 Å². The summed E-state index contributed by atoms with van der Waals surface area (Å²) in [6, 6.07) is 10.8. The molecule has 3 rings (SSSR count). The summed E-state index contributed by atoms with van der Waals surface area (Å²) >= 11 is 9.59. The lowest BCUT2D eigenvalue weighted by atomic mass is 10.1. The van der Waals surface area contributed by atoms with Crippen molar-refractivity contribution < 1.29 is 9.84 Å². The zero-order valence-electron chi connectivity index (χ0n) is 9.86. The van der Waals surface area contributed by atoms with Gasteiger partial charge < -0.3 is 15.2 Å². The molecule has 19 heavy (non-hydrogen) atoms. The Labute approximate surface area is 124 Å². The van der Waals surface area contributed by atoms with Gasteiger partial charge in [-0.1, -0.05) is 27.5 Å². The first-order valence-electron chi connectivity index (χ1n) is 5.81. The maximum absolute atomic E-state index is 9.43. The molecule has 0 aromatic heterocycles. The Balaban J connectivity index is 1.88. The molecule has 2 aromatic rings. The maximum Gasteiger partial charge on any atom is 0.128 e. The number of halogens is 2. The summed E-state index contributed by atoms with van der Waals surface area (Å²) in [5.41, 5.74) is 1.87. The van der Waals surface area contributed by atoms with Gasteiger partial charge in [0.25, 0.3) is 0 Å². The van der Waals surface area contributed by atoms with E-state index < -0.39 is 0 Å². The standard InChI is InChI=1S/C14H11BrClNO2/c15-8-1-4-11(16)12(5-8)17-13-7-19-14-6-9(18)2-3-10(13)14/h1-6,13,17-18H,7H2. The van der Waals surface area contributed by atoms with Crippen molar-refractivity contribution in [2.24, 2.45) is 0 Å². The van der Waals surface area contributed by atoms with Gasteiger partial charge in [-0.2, -0.15) is 0 Å². The smallest absolute Gasteiger partial charge is 0.128 e. The number of hydrogen-bond acceptors (Lipinski definition) is 3. The van der Waals surface area contributed by atoms with E-state index in [0.29, 0.717) is 17.4 Å². The molecule has 98 valence electrons. The number of nitrogens with one attached hydrogen (secondary N) is 1. The van der Waals surface area contributed by atoms with Crippen molar-refractivity contribution >= 4 is 33.2 Å². The SMILES string of the molecule is Oc1ccc2c(c1)OCC2Nc1cc(Br)ccc1Cl. The molecule has 2 aromatic carbocycles. The number of phenolic OH excluding ortho intramolecular Hbond substituents is 1. The van der Waals surface area contributed by atoms with Gasteiger partial charge in [-0.25, -0.2) is 0 Å². The normalized spacial score (nSPS) is 16.8. The quantitative estimate of drug-likeness (QED) is 0.854. The summed E-state index contributed by atoms with van der Waals surface area (Å²) in [6.45, 7) is 0.516. The zero-order chi connectivity index (χ0) is 13.4. The molecule has 1 aliphatic rings. The van der Waals surface area contributed by atoms with Gasteiger partial charge >= 0.3 is 0 Å². The van der Waals surface area contributed by atoms with Crippen LogP contribution in [0.2, 0.25) is 5.02 Å². The van der Waals surface area contributed by atoms with E-state index in [2.05, 4.69) is 21.2 Å². The highest BCUT2D eigenvalue weighted by Crippen LogP contribution is 2.38. The van der Waals surface area contributed by atoms with Crippen molar-refractivity contribution in [2.45, 2.75) is 6.04 Å². The minimum atomic E-state index is 0.0300. The van der Waals surface area contributed by atoms with Gasteiger partial charge in [-0.3, -0.25) is 0 Å². The van der Waals surface area contributed by atoms with E-state index in [0.717, 1.165) is 15.7 Å². The van der Waals surface area contributed by atoms with E-state index >= 15 is 0 Å². The molecule has 1 atom stereocenters. The molecular formula is C14H11BrClNO2.